The molecule has 1 aromatic rings. The lowest BCUT2D eigenvalue weighted by atomic mass is 10.1. The van der Waals surface area contributed by atoms with Crippen LogP contribution in [0.4, 0.5) is 0 Å². The second-order valence-corrected chi connectivity index (χ2v) is 4.78. The summed E-state index contributed by atoms with van der Waals surface area (Å²) in [6.45, 7) is 0.311. The molecule has 1 aliphatic heterocycles. The third-order valence-electron chi connectivity index (χ3n) is 3.52. The van der Waals surface area contributed by atoms with E-state index in [2.05, 4.69) is 17.2 Å². The SMILES string of the molecule is CNC(=O)C1CCCN1C(=O)c1ccccc1C#CCO. The first-order valence-corrected chi connectivity index (χ1v) is 6.90. The minimum atomic E-state index is -0.415. The van der Waals surface area contributed by atoms with Gasteiger partial charge in [-0.3, -0.25) is 9.59 Å². The summed E-state index contributed by atoms with van der Waals surface area (Å²) in [5.74, 6) is 5.00. The van der Waals surface area contributed by atoms with E-state index in [0.717, 1.165) is 6.42 Å². The Labute approximate surface area is 124 Å². The molecule has 2 N–H and O–H groups in total. The fraction of sp³-hybridized carbons (Fsp3) is 0.375. The summed E-state index contributed by atoms with van der Waals surface area (Å²) in [4.78, 5) is 26.1. The van der Waals surface area contributed by atoms with Crippen molar-refractivity contribution in [2.75, 3.05) is 20.2 Å². The number of likely N-dealkylation sites (tertiary alicyclic amines) is 1. The molecule has 0 saturated carbocycles. The monoisotopic (exact) mass is 286 g/mol. The fourth-order valence-electron chi connectivity index (χ4n) is 2.52. The predicted molar refractivity (Wildman–Crippen MR) is 78.5 cm³/mol. The first-order chi connectivity index (χ1) is 10.2. The zero-order chi connectivity index (χ0) is 15.2. The molecular weight excluding hydrogens is 268 g/mol. The van der Waals surface area contributed by atoms with Gasteiger partial charge in [0.25, 0.3) is 5.91 Å². The van der Waals surface area contributed by atoms with Crippen LogP contribution in [0.1, 0.15) is 28.8 Å². The van der Waals surface area contributed by atoms with Gasteiger partial charge in [0.2, 0.25) is 5.91 Å². The molecule has 1 fully saturated rings. The van der Waals surface area contributed by atoms with E-state index in [-0.39, 0.29) is 18.4 Å². The number of hydrogen-bond acceptors (Lipinski definition) is 3. The zero-order valence-electron chi connectivity index (χ0n) is 11.9. The Hall–Kier alpha value is -2.32. The van der Waals surface area contributed by atoms with Crippen molar-refractivity contribution in [3.05, 3.63) is 35.4 Å². The van der Waals surface area contributed by atoms with Gasteiger partial charge >= 0.3 is 0 Å². The van der Waals surface area contributed by atoms with Crippen molar-refractivity contribution >= 4 is 11.8 Å². The van der Waals surface area contributed by atoms with Gasteiger partial charge < -0.3 is 15.3 Å². The summed E-state index contributed by atoms with van der Waals surface area (Å²) in [5.41, 5.74) is 1.04. The number of carbonyl (C=O) groups excluding carboxylic acids is 2. The van der Waals surface area contributed by atoms with E-state index in [1.165, 1.54) is 0 Å². The summed E-state index contributed by atoms with van der Waals surface area (Å²) < 4.78 is 0. The van der Waals surface area contributed by atoms with Crippen LogP contribution in [-0.4, -0.2) is 48.1 Å². The Morgan fingerprint density at radius 3 is 2.90 bits per heavy atom. The number of hydrogen-bond donors (Lipinski definition) is 2. The quantitative estimate of drug-likeness (QED) is 0.772. The third-order valence-corrected chi connectivity index (χ3v) is 3.52. The maximum atomic E-state index is 12.7. The van der Waals surface area contributed by atoms with Crippen molar-refractivity contribution in [3.63, 3.8) is 0 Å². The molecular formula is C16H18N2O3. The molecule has 110 valence electrons. The molecule has 0 aromatic heterocycles. The predicted octanol–water partition coefficient (Wildman–Crippen LogP) is 0.381. The Morgan fingerprint density at radius 1 is 1.43 bits per heavy atom. The van der Waals surface area contributed by atoms with E-state index in [1.807, 2.05) is 0 Å². The molecule has 0 spiro atoms. The van der Waals surface area contributed by atoms with Gasteiger partial charge in [-0.25, -0.2) is 0 Å². The first-order valence-electron chi connectivity index (χ1n) is 6.90. The highest BCUT2D eigenvalue weighted by molar-refractivity contribution is 5.99. The molecule has 0 aliphatic carbocycles. The Kier molecular flexibility index (Phi) is 4.96. The minimum Gasteiger partial charge on any atom is -0.384 e. The van der Waals surface area contributed by atoms with Crippen molar-refractivity contribution < 1.29 is 14.7 Å². The normalized spacial score (nSPS) is 17.0. The lowest BCUT2D eigenvalue weighted by molar-refractivity contribution is -0.124. The smallest absolute Gasteiger partial charge is 0.255 e. The Balaban J connectivity index is 2.30. The van der Waals surface area contributed by atoms with Gasteiger partial charge in [-0.1, -0.05) is 24.0 Å². The molecule has 1 saturated heterocycles. The van der Waals surface area contributed by atoms with Crippen molar-refractivity contribution in [2.45, 2.75) is 18.9 Å². The van der Waals surface area contributed by atoms with Crippen molar-refractivity contribution in [1.82, 2.24) is 10.2 Å². The molecule has 21 heavy (non-hydrogen) atoms. The molecule has 1 aromatic carbocycles. The number of aliphatic hydroxyl groups excluding tert-OH is 1. The van der Waals surface area contributed by atoms with Gasteiger partial charge in [-0.15, -0.1) is 0 Å². The van der Waals surface area contributed by atoms with Crippen LogP contribution in [0.25, 0.3) is 0 Å². The average Bonchev–Trinajstić information content (AvgIpc) is 3.01. The highest BCUT2D eigenvalue weighted by Gasteiger charge is 2.34. The number of rotatable bonds is 2. The van der Waals surface area contributed by atoms with E-state index in [9.17, 15) is 9.59 Å². The van der Waals surface area contributed by atoms with Crippen LogP contribution in [0.2, 0.25) is 0 Å². The van der Waals surface area contributed by atoms with E-state index in [1.54, 1.807) is 36.2 Å². The van der Waals surface area contributed by atoms with Crippen LogP contribution >= 0.6 is 0 Å². The second kappa shape index (κ2) is 6.91. The summed E-state index contributed by atoms with van der Waals surface area (Å²) >= 11 is 0. The molecule has 1 unspecified atom stereocenters. The van der Waals surface area contributed by atoms with E-state index >= 15 is 0 Å². The van der Waals surface area contributed by atoms with Crippen molar-refractivity contribution in [3.8, 4) is 11.8 Å². The summed E-state index contributed by atoms with van der Waals surface area (Å²) in [5, 5.41) is 11.4. The highest BCUT2D eigenvalue weighted by atomic mass is 16.2. The molecule has 2 amide bonds. The molecule has 2 rings (SSSR count). The molecule has 1 atom stereocenters. The Morgan fingerprint density at radius 2 is 2.19 bits per heavy atom. The lowest BCUT2D eigenvalue weighted by Crippen LogP contribution is -2.45. The van der Waals surface area contributed by atoms with Crippen LogP contribution in [-0.2, 0) is 4.79 Å². The molecule has 5 heteroatoms. The van der Waals surface area contributed by atoms with Crippen LogP contribution in [0.15, 0.2) is 24.3 Å². The molecule has 0 radical (unpaired) electrons. The average molecular weight is 286 g/mol. The number of benzene rings is 1. The molecule has 5 nitrogen and oxygen atoms in total. The van der Waals surface area contributed by atoms with Gasteiger partial charge in [0.05, 0.1) is 5.56 Å². The van der Waals surface area contributed by atoms with E-state index < -0.39 is 6.04 Å². The van der Waals surface area contributed by atoms with Gasteiger partial charge in [0, 0.05) is 19.2 Å². The number of nitrogens with zero attached hydrogens (tertiary/aromatic N) is 1. The van der Waals surface area contributed by atoms with Crippen LogP contribution in [0, 0.1) is 11.8 Å². The van der Waals surface area contributed by atoms with E-state index in [4.69, 9.17) is 5.11 Å². The lowest BCUT2D eigenvalue weighted by Gasteiger charge is -2.23. The van der Waals surface area contributed by atoms with E-state index in [0.29, 0.717) is 24.1 Å². The largest absolute Gasteiger partial charge is 0.384 e. The third kappa shape index (κ3) is 3.23. The molecule has 1 heterocycles. The second-order valence-electron chi connectivity index (χ2n) is 4.78. The molecule has 0 bridgehead atoms. The van der Waals surface area contributed by atoms with Crippen molar-refractivity contribution in [2.24, 2.45) is 0 Å². The number of carbonyl (C=O) groups is 2. The number of nitrogens with one attached hydrogen (secondary N) is 1. The highest BCUT2D eigenvalue weighted by Crippen LogP contribution is 2.21. The van der Waals surface area contributed by atoms with Crippen molar-refractivity contribution in [1.29, 1.82) is 0 Å². The standard InChI is InChI=1S/C16H18N2O3/c1-17-15(20)14-9-4-10-18(14)16(21)13-8-3-2-6-12(13)7-5-11-19/h2-3,6,8,14,19H,4,9-11H2,1H3,(H,17,20). The fourth-order valence-corrected chi connectivity index (χ4v) is 2.52. The maximum Gasteiger partial charge on any atom is 0.255 e. The van der Waals surface area contributed by atoms with Crippen LogP contribution < -0.4 is 5.32 Å². The molecule has 1 aliphatic rings. The van der Waals surface area contributed by atoms with Gasteiger partial charge in [0.15, 0.2) is 0 Å². The topological polar surface area (TPSA) is 69.6 Å². The summed E-state index contributed by atoms with van der Waals surface area (Å²) in [6, 6.07) is 6.58. The Bertz CT molecular complexity index is 601. The number of aliphatic hydroxyl groups is 1. The van der Waals surface area contributed by atoms with Gasteiger partial charge in [-0.05, 0) is 25.0 Å². The summed E-state index contributed by atoms with van der Waals surface area (Å²) in [6.07, 6.45) is 1.49. The number of likely N-dealkylation sites (N-methyl/N-ethyl adjacent to an activating group) is 1. The van der Waals surface area contributed by atoms with Crippen LogP contribution in [0.5, 0.6) is 0 Å². The van der Waals surface area contributed by atoms with Gasteiger partial charge in [-0.2, -0.15) is 0 Å². The number of amides is 2. The first kappa shape index (κ1) is 15.1. The zero-order valence-corrected chi connectivity index (χ0v) is 11.9. The maximum absolute atomic E-state index is 12.7. The summed E-state index contributed by atoms with van der Waals surface area (Å²) in [7, 11) is 1.57. The van der Waals surface area contributed by atoms with Crippen LogP contribution in [0.3, 0.4) is 0 Å². The van der Waals surface area contributed by atoms with Gasteiger partial charge in [0.1, 0.15) is 12.6 Å². The minimum absolute atomic E-state index is 0.139.